The van der Waals surface area contributed by atoms with Gasteiger partial charge in [-0.1, -0.05) is 13.8 Å². The molecule has 1 aromatic heterocycles. The van der Waals surface area contributed by atoms with Gasteiger partial charge in [0, 0.05) is 0 Å². The minimum Gasteiger partial charge on any atom is -0.460 e. The van der Waals surface area contributed by atoms with Crippen LogP contribution >= 0.6 is 0 Å². The average Bonchev–Trinajstić information content (AvgIpc) is 2.92. The number of oxazole rings is 1. The van der Waals surface area contributed by atoms with Crippen molar-refractivity contribution in [3.63, 3.8) is 0 Å². The second-order valence-electron chi connectivity index (χ2n) is 5.33. The molecule has 0 radical (unpaired) electrons. The predicted molar refractivity (Wildman–Crippen MR) is 73.8 cm³/mol. The smallest absolute Gasteiger partial charge is 0.376 e. The normalized spacial score (nSPS) is 29.6. The molecule has 2 heterocycles. The van der Waals surface area contributed by atoms with Gasteiger partial charge in [-0.05, 0) is 33.1 Å². The van der Waals surface area contributed by atoms with Crippen molar-refractivity contribution in [2.24, 2.45) is 5.92 Å². The van der Waals surface area contributed by atoms with Crippen molar-refractivity contribution in [1.82, 2.24) is 4.98 Å². The summed E-state index contributed by atoms with van der Waals surface area (Å²) in [6, 6.07) is 0. The Kier molecular flexibility index (Phi) is 4.48. The zero-order chi connectivity index (χ0) is 14.9. The van der Waals surface area contributed by atoms with Crippen LogP contribution in [0.2, 0.25) is 0 Å². The highest BCUT2D eigenvalue weighted by molar-refractivity contribution is 5.87. The lowest BCUT2D eigenvalue weighted by Crippen LogP contribution is -2.15. The molecule has 4 unspecified atom stereocenters. The molecule has 5 nitrogen and oxygen atoms in total. The molecule has 0 amide bonds. The van der Waals surface area contributed by atoms with Crippen LogP contribution in [0.1, 0.15) is 62.7 Å². The summed E-state index contributed by atoms with van der Waals surface area (Å²) in [5.74, 6) is 0.787. The highest BCUT2D eigenvalue weighted by Crippen LogP contribution is 2.40. The first kappa shape index (κ1) is 15.0. The van der Waals surface area contributed by atoms with Gasteiger partial charge < -0.3 is 13.9 Å². The van der Waals surface area contributed by atoms with Gasteiger partial charge >= 0.3 is 5.97 Å². The number of carbonyl (C=O) groups excluding carboxylic acids is 1. The standard InChI is InChI=1S/C15H23NO4/c1-6-11-13(15(17)18-7-2)20-14(16-11)12-8(3)9(4)19-10(12)5/h8-10,12H,6-7H2,1-5H3. The van der Waals surface area contributed by atoms with Crippen molar-refractivity contribution >= 4 is 5.97 Å². The van der Waals surface area contributed by atoms with Gasteiger partial charge in [-0.2, -0.15) is 0 Å². The van der Waals surface area contributed by atoms with Gasteiger partial charge in [0.2, 0.25) is 11.7 Å². The summed E-state index contributed by atoms with van der Waals surface area (Å²) >= 11 is 0. The van der Waals surface area contributed by atoms with E-state index in [4.69, 9.17) is 13.9 Å². The average molecular weight is 281 g/mol. The van der Waals surface area contributed by atoms with Crippen LogP contribution in [0.5, 0.6) is 0 Å². The largest absolute Gasteiger partial charge is 0.460 e. The summed E-state index contributed by atoms with van der Waals surface area (Å²) < 4.78 is 16.6. The van der Waals surface area contributed by atoms with Gasteiger partial charge in [0.1, 0.15) is 0 Å². The zero-order valence-electron chi connectivity index (χ0n) is 12.8. The van der Waals surface area contributed by atoms with Crippen LogP contribution in [-0.4, -0.2) is 29.8 Å². The van der Waals surface area contributed by atoms with Crippen molar-refractivity contribution in [2.45, 2.75) is 59.2 Å². The van der Waals surface area contributed by atoms with E-state index in [2.05, 4.69) is 18.8 Å². The van der Waals surface area contributed by atoms with Gasteiger partial charge in [0.15, 0.2) is 0 Å². The van der Waals surface area contributed by atoms with Crippen molar-refractivity contribution in [3.8, 4) is 0 Å². The Labute approximate surface area is 119 Å². The number of hydrogen-bond acceptors (Lipinski definition) is 5. The molecule has 1 aromatic rings. The molecule has 1 aliphatic heterocycles. The Hall–Kier alpha value is -1.36. The lowest BCUT2D eigenvalue weighted by atomic mass is 9.89. The predicted octanol–water partition coefficient (Wildman–Crippen LogP) is 2.94. The van der Waals surface area contributed by atoms with E-state index in [0.717, 1.165) is 0 Å². The van der Waals surface area contributed by atoms with Crippen LogP contribution in [0.25, 0.3) is 0 Å². The Morgan fingerprint density at radius 1 is 1.25 bits per heavy atom. The lowest BCUT2D eigenvalue weighted by Gasteiger charge is -2.13. The lowest BCUT2D eigenvalue weighted by molar-refractivity contribution is 0.0474. The number of nitrogens with zero attached hydrogens (tertiary/aromatic N) is 1. The fourth-order valence-electron chi connectivity index (χ4n) is 2.80. The topological polar surface area (TPSA) is 61.6 Å². The second kappa shape index (κ2) is 5.95. The van der Waals surface area contributed by atoms with Crippen molar-refractivity contribution in [1.29, 1.82) is 0 Å². The van der Waals surface area contributed by atoms with Crippen LogP contribution in [0.3, 0.4) is 0 Å². The number of ether oxygens (including phenoxy) is 2. The minimum atomic E-state index is -0.435. The zero-order valence-corrected chi connectivity index (χ0v) is 12.8. The fourth-order valence-corrected chi connectivity index (χ4v) is 2.80. The molecular weight excluding hydrogens is 258 g/mol. The van der Waals surface area contributed by atoms with Crippen molar-refractivity contribution in [2.75, 3.05) is 6.61 Å². The van der Waals surface area contributed by atoms with Crippen LogP contribution in [0.15, 0.2) is 4.42 Å². The summed E-state index contributed by atoms with van der Waals surface area (Å²) in [5, 5.41) is 0. The van der Waals surface area contributed by atoms with Crippen LogP contribution < -0.4 is 0 Å². The minimum absolute atomic E-state index is 0.0402. The summed E-state index contributed by atoms with van der Waals surface area (Å²) in [7, 11) is 0. The second-order valence-corrected chi connectivity index (χ2v) is 5.33. The third kappa shape index (κ3) is 2.59. The third-order valence-electron chi connectivity index (χ3n) is 4.04. The van der Waals surface area contributed by atoms with Gasteiger partial charge in [0.25, 0.3) is 0 Å². The third-order valence-corrected chi connectivity index (χ3v) is 4.04. The molecule has 2 rings (SSSR count). The maximum atomic E-state index is 11.9. The molecule has 20 heavy (non-hydrogen) atoms. The van der Waals surface area contributed by atoms with E-state index < -0.39 is 5.97 Å². The fraction of sp³-hybridized carbons (Fsp3) is 0.733. The Morgan fingerprint density at radius 3 is 2.45 bits per heavy atom. The van der Waals surface area contributed by atoms with E-state index >= 15 is 0 Å². The van der Waals surface area contributed by atoms with Crippen molar-refractivity contribution in [3.05, 3.63) is 17.3 Å². The molecular formula is C15H23NO4. The molecule has 0 aliphatic carbocycles. The highest BCUT2D eigenvalue weighted by atomic mass is 16.5. The van der Waals surface area contributed by atoms with E-state index in [0.29, 0.717) is 30.5 Å². The van der Waals surface area contributed by atoms with E-state index in [1.807, 2.05) is 13.8 Å². The number of esters is 1. The summed E-state index contributed by atoms with van der Waals surface area (Å²) in [4.78, 5) is 16.4. The number of hydrogen-bond donors (Lipinski definition) is 0. The number of rotatable bonds is 4. The van der Waals surface area contributed by atoms with Gasteiger partial charge in [-0.15, -0.1) is 0 Å². The van der Waals surface area contributed by atoms with Crippen LogP contribution in [-0.2, 0) is 15.9 Å². The van der Waals surface area contributed by atoms with Crippen LogP contribution in [0, 0.1) is 5.92 Å². The molecule has 1 aliphatic rings. The van der Waals surface area contributed by atoms with Crippen molar-refractivity contribution < 1.29 is 18.7 Å². The van der Waals surface area contributed by atoms with Gasteiger partial charge in [0.05, 0.1) is 30.4 Å². The molecule has 1 saturated heterocycles. The van der Waals surface area contributed by atoms with E-state index in [1.54, 1.807) is 6.92 Å². The summed E-state index contributed by atoms with van der Waals surface area (Å²) in [6.07, 6.45) is 0.847. The summed E-state index contributed by atoms with van der Waals surface area (Å²) in [5.41, 5.74) is 0.664. The van der Waals surface area contributed by atoms with E-state index in [1.165, 1.54) is 0 Å². The molecule has 0 aromatic carbocycles. The maximum absolute atomic E-state index is 11.9. The maximum Gasteiger partial charge on any atom is 0.376 e. The molecule has 0 N–H and O–H groups in total. The number of carbonyl (C=O) groups is 1. The number of aryl methyl sites for hydroxylation is 1. The van der Waals surface area contributed by atoms with Crippen LogP contribution in [0.4, 0.5) is 0 Å². The molecule has 5 heteroatoms. The highest BCUT2D eigenvalue weighted by Gasteiger charge is 2.41. The van der Waals surface area contributed by atoms with Gasteiger partial charge in [-0.3, -0.25) is 0 Å². The quantitative estimate of drug-likeness (QED) is 0.794. The first-order valence-corrected chi connectivity index (χ1v) is 7.31. The molecule has 0 saturated carbocycles. The molecule has 0 spiro atoms. The SMILES string of the molecule is CCOC(=O)c1oc(C2C(C)OC(C)C2C)nc1CC. The molecule has 1 fully saturated rings. The first-order chi connectivity index (χ1) is 9.49. The molecule has 112 valence electrons. The molecule has 0 bridgehead atoms. The number of aromatic nitrogens is 1. The Morgan fingerprint density at radius 2 is 1.95 bits per heavy atom. The monoisotopic (exact) mass is 281 g/mol. The first-order valence-electron chi connectivity index (χ1n) is 7.31. The Bertz CT molecular complexity index is 482. The molecule has 4 atom stereocenters. The van der Waals surface area contributed by atoms with Gasteiger partial charge in [-0.25, -0.2) is 9.78 Å². The Balaban J connectivity index is 2.32. The van der Waals surface area contributed by atoms with E-state index in [9.17, 15) is 4.79 Å². The van der Waals surface area contributed by atoms with E-state index in [-0.39, 0.29) is 23.9 Å². The summed E-state index contributed by atoms with van der Waals surface area (Å²) in [6.45, 7) is 10.2.